The SMILES string of the molecule is c1ccc(-c2nc(-c3ccccc3)c3c(n2)oc2ccc(-c4cccc(-n5c6ccccc6c6c7c(ccc65)oc5ccccc57)c4)cc23)cc1. The van der Waals surface area contributed by atoms with Crippen molar-refractivity contribution in [2.24, 2.45) is 0 Å². The van der Waals surface area contributed by atoms with Crippen molar-refractivity contribution in [1.82, 2.24) is 14.5 Å². The zero-order valence-corrected chi connectivity index (χ0v) is 27.2. The molecule has 7 aromatic carbocycles. The van der Waals surface area contributed by atoms with Gasteiger partial charge >= 0.3 is 0 Å². The molecule has 0 saturated carbocycles. The summed E-state index contributed by atoms with van der Waals surface area (Å²) in [5.74, 6) is 0.640. The van der Waals surface area contributed by atoms with E-state index in [4.69, 9.17) is 18.8 Å². The van der Waals surface area contributed by atoms with Gasteiger partial charge < -0.3 is 13.4 Å². The second-order valence-corrected chi connectivity index (χ2v) is 13.0. The van der Waals surface area contributed by atoms with Gasteiger partial charge in [0.05, 0.1) is 22.1 Å². The summed E-state index contributed by atoms with van der Waals surface area (Å²) in [6.45, 7) is 0. The van der Waals surface area contributed by atoms with Crippen LogP contribution in [-0.4, -0.2) is 14.5 Å². The Kier molecular flexibility index (Phi) is 5.89. The molecule has 238 valence electrons. The molecule has 11 aromatic rings. The van der Waals surface area contributed by atoms with E-state index >= 15 is 0 Å². The molecular formula is C46H27N3O2. The molecule has 51 heavy (non-hydrogen) atoms. The number of fused-ring (bicyclic) bond motifs is 10. The van der Waals surface area contributed by atoms with Gasteiger partial charge in [-0.3, -0.25) is 0 Å². The summed E-state index contributed by atoms with van der Waals surface area (Å²) < 4.78 is 15.1. The highest BCUT2D eigenvalue weighted by atomic mass is 16.3. The van der Waals surface area contributed by atoms with Crippen molar-refractivity contribution in [2.45, 2.75) is 0 Å². The largest absolute Gasteiger partial charge is 0.456 e. The first-order valence-electron chi connectivity index (χ1n) is 17.1. The van der Waals surface area contributed by atoms with Gasteiger partial charge in [0.25, 0.3) is 0 Å². The fraction of sp³-hybridized carbons (Fsp3) is 0. The molecule has 11 rings (SSSR count). The molecule has 0 atom stereocenters. The van der Waals surface area contributed by atoms with Crippen LogP contribution < -0.4 is 0 Å². The van der Waals surface area contributed by atoms with Crippen LogP contribution in [0.3, 0.4) is 0 Å². The monoisotopic (exact) mass is 653 g/mol. The van der Waals surface area contributed by atoms with Crippen LogP contribution in [0.15, 0.2) is 173 Å². The topological polar surface area (TPSA) is 57.0 Å². The van der Waals surface area contributed by atoms with Gasteiger partial charge in [0.15, 0.2) is 5.82 Å². The molecular weight excluding hydrogens is 627 g/mol. The molecule has 0 saturated heterocycles. The number of hydrogen-bond donors (Lipinski definition) is 0. The van der Waals surface area contributed by atoms with Crippen molar-refractivity contribution in [3.8, 4) is 39.5 Å². The summed E-state index contributed by atoms with van der Waals surface area (Å²) in [4.78, 5) is 10.1. The number of hydrogen-bond acceptors (Lipinski definition) is 4. The standard InChI is InChI=1S/C46H27N3O2/c1-3-12-28(13-4-1)44-43-35-27-31(22-24-39(35)51-46(43)48-45(47-44)29-14-5-2-6-15-29)30-16-11-17-32(26-30)49-36-20-9-7-18-33(36)41-37(49)23-25-40-42(41)34-19-8-10-21-38(34)50-40/h1-27H. The molecule has 0 fully saturated rings. The van der Waals surface area contributed by atoms with Crippen molar-refractivity contribution in [2.75, 3.05) is 0 Å². The van der Waals surface area contributed by atoms with Gasteiger partial charge in [0.2, 0.25) is 5.71 Å². The predicted molar refractivity (Wildman–Crippen MR) is 207 cm³/mol. The summed E-state index contributed by atoms with van der Waals surface area (Å²) in [6, 6.07) is 56.7. The minimum Gasteiger partial charge on any atom is -0.456 e. The van der Waals surface area contributed by atoms with E-state index in [-0.39, 0.29) is 0 Å². The van der Waals surface area contributed by atoms with E-state index in [0.717, 1.165) is 83.0 Å². The van der Waals surface area contributed by atoms with Gasteiger partial charge in [-0.1, -0.05) is 115 Å². The molecule has 0 spiro atoms. The molecule has 0 aliphatic heterocycles. The maximum Gasteiger partial charge on any atom is 0.231 e. The highest BCUT2D eigenvalue weighted by molar-refractivity contribution is 6.27. The van der Waals surface area contributed by atoms with E-state index in [2.05, 4.69) is 108 Å². The summed E-state index contributed by atoms with van der Waals surface area (Å²) in [7, 11) is 0. The van der Waals surface area contributed by atoms with E-state index in [1.165, 1.54) is 10.8 Å². The molecule has 0 amide bonds. The molecule has 0 aliphatic carbocycles. The second-order valence-electron chi connectivity index (χ2n) is 13.0. The number of nitrogens with zero attached hydrogens (tertiary/aromatic N) is 3. The Morgan fingerprint density at radius 3 is 1.94 bits per heavy atom. The number of aromatic nitrogens is 3. The zero-order chi connectivity index (χ0) is 33.5. The lowest BCUT2D eigenvalue weighted by molar-refractivity contribution is 0.653. The van der Waals surface area contributed by atoms with E-state index in [1.807, 2.05) is 60.7 Å². The Bertz CT molecular complexity index is 3130. The van der Waals surface area contributed by atoms with Crippen LogP contribution in [0, 0.1) is 0 Å². The maximum absolute atomic E-state index is 6.44. The van der Waals surface area contributed by atoms with Crippen LogP contribution >= 0.6 is 0 Å². The summed E-state index contributed by atoms with van der Waals surface area (Å²) in [6.07, 6.45) is 0. The molecule has 0 radical (unpaired) electrons. The minimum absolute atomic E-state index is 0.576. The number of para-hydroxylation sites is 2. The lowest BCUT2D eigenvalue weighted by atomic mass is 10.0. The first-order valence-corrected chi connectivity index (χ1v) is 17.1. The van der Waals surface area contributed by atoms with E-state index in [9.17, 15) is 0 Å². The van der Waals surface area contributed by atoms with Crippen LogP contribution in [0.4, 0.5) is 0 Å². The minimum atomic E-state index is 0.576. The average molecular weight is 654 g/mol. The Morgan fingerprint density at radius 2 is 1.08 bits per heavy atom. The molecule has 0 N–H and O–H groups in total. The third-order valence-electron chi connectivity index (χ3n) is 10.0. The second kappa shape index (κ2) is 10.8. The van der Waals surface area contributed by atoms with Gasteiger partial charge in [-0.15, -0.1) is 0 Å². The lowest BCUT2D eigenvalue weighted by Gasteiger charge is -2.11. The Hall–Kier alpha value is -6.98. The van der Waals surface area contributed by atoms with Crippen molar-refractivity contribution in [1.29, 1.82) is 0 Å². The van der Waals surface area contributed by atoms with Crippen LogP contribution in [0.5, 0.6) is 0 Å². The van der Waals surface area contributed by atoms with Crippen LogP contribution in [0.2, 0.25) is 0 Å². The van der Waals surface area contributed by atoms with E-state index < -0.39 is 0 Å². The van der Waals surface area contributed by atoms with Gasteiger partial charge in [-0.2, -0.15) is 4.98 Å². The van der Waals surface area contributed by atoms with Gasteiger partial charge in [0.1, 0.15) is 16.7 Å². The summed E-state index contributed by atoms with van der Waals surface area (Å²) in [5.41, 5.74) is 11.5. The molecule has 0 unspecified atom stereocenters. The molecule has 0 bridgehead atoms. The normalized spacial score (nSPS) is 11.9. The third-order valence-corrected chi connectivity index (χ3v) is 10.0. The highest BCUT2D eigenvalue weighted by Gasteiger charge is 2.21. The first kappa shape index (κ1) is 27.9. The van der Waals surface area contributed by atoms with E-state index in [1.54, 1.807) is 0 Å². The Balaban J connectivity index is 1.12. The van der Waals surface area contributed by atoms with Crippen molar-refractivity contribution in [3.05, 3.63) is 164 Å². The van der Waals surface area contributed by atoms with Crippen LogP contribution in [0.25, 0.3) is 105 Å². The third kappa shape index (κ3) is 4.22. The first-order chi connectivity index (χ1) is 25.3. The number of benzene rings is 7. The predicted octanol–water partition coefficient (Wildman–Crippen LogP) is 12.4. The molecule has 0 aliphatic rings. The average Bonchev–Trinajstić information content (AvgIpc) is 3.87. The van der Waals surface area contributed by atoms with E-state index in [0.29, 0.717) is 11.5 Å². The highest BCUT2D eigenvalue weighted by Crippen LogP contribution is 2.42. The number of rotatable bonds is 4. The Labute approximate surface area is 291 Å². The molecule has 4 aromatic heterocycles. The van der Waals surface area contributed by atoms with Crippen molar-refractivity contribution >= 4 is 65.8 Å². The lowest BCUT2D eigenvalue weighted by Crippen LogP contribution is -1.94. The fourth-order valence-corrected chi connectivity index (χ4v) is 7.75. The Morgan fingerprint density at radius 1 is 0.392 bits per heavy atom. The van der Waals surface area contributed by atoms with Crippen LogP contribution in [-0.2, 0) is 0 Å². The van der Waals surface area contributed by atoms with Gasteiger partial charge in [-0.05, 0) is 59.7 Å². The summed E-state index contributed by atoms with van der Waals surface area (Å²) in [5, 5.41) is 6.58. The molecule has 5 heteroatoms. The quantitative estimate of drug-likeness (QED) is 0.190. The number of furan rings is 2. The fourth-order valence-electron chi connectivity index (χ4n) is 7.75. The van der Waals surface area contributed by atoms with Crippen LogP contribution in [0.1, 0.15) is 0 Å². The molecule has 4 heterocycles. The van der Waals surface area contributed by atoms with Crippen molar-refractivity contribution in [3.63, 3.8) is 0 Å². The zero-order valence-electron chi connectivity index (χ0n) is 27.2. The van der Waals surface area contributed by atoms with Gasteiger partial charge in [-0.25, -0.2) is 4.98 Å². The maximum atomic E-state index is 6.44. The van der Waals surface area contributed by atoms with Crippen molar-refractivity contribution < 1.29 is 8.83 Å². The van der Waals surface area contributed by atoms with Gasteiger partial charge in [0, 0.05) is 43.7 Å². The summed E-state index contributed by atoms with van der Waals surface area (Å²) >= 11 is 0. The molecule has 5 nitrogen and oxygen atoms in total. The smallest absolute Gasteiger partial charge is 0.231 e.